The molecule has 0 fully saturated rings. The maximum absolute atomic E-state index is 9.78. The van der Waals surface area contributed by atoms with Crippen molar-refractivity contribution in [3.05, 3.63) is 48.6 Å². The van der Waals surface area contributed by atoms with Gasteiger partial charge in [-0.15, -0.1) is 0 Å². The highest BCUT2D eigenvalue weighted by atomic mass is 16.4. The lowest BCUT2D eigenvalue weighted by molar-refractivity contribution is -0.132. The standard InChI is InChI=1S/C6H6O4.C6H8O2/c7-5(8)3-1-2-4-6(9)10;1-2-3-4-5-6(7)8/h1-4H,(H,7,8)(H,9,10);2-5H,1H3,(H,7,8)/b3-1+,4-2+;3-2+,5-4+. The number of hydrogen-bond acceptors (Lipinski definition) is 3. The lowest BCUT2D eigenvalue weighted by Crippen LogP contribution is -1.86. The zero-order valence-electron chi connectivity index (χ0n) is 9.69. The minimum absolute atomic E-state index is 0.847. The molecule has 0 amide bonds. The molecular formula is C12H14O6. The lowest BCUT2D eigenvalue weighted by atomic mass is 10.4. The van der Waals surface area contributed by atoms with Crippen LogP contribution in [0.3, 0.4) is 0 Å². The number of carbonyl (C=O) groups is 3. The van der Waals surface area contributed by atoms with Crippen LogP contribution in [0.5, 0.6) is 0 Å². The van der Waals surface area contributed by atoms with Gasteiger partial charge in [-0.05, 0) is 6.92 Å². The highest BCUT2D eigenvalue weighted by molar-refractivity contribution is 5.82. The van der Waals surface area contributed by atoms with E-state index in [2.05, 4.69) is 0 Å². The molecule has 0 radical (unpaired) electrons. The number of hydrogen-bond donors (Lipinski definition) is 3. The number of carboxylic acid groups (broad SMARTS) is 3. The number of rotatable bonds is 5. The average Bonchev–Trinajstić information content (AvgIpc) is 2.25. The molecule has 0 atom stereocenters. The third-order valence-corrected chi connectivity index (χ3v) is 1.13. The van der Waals surface area contributed by atoms with Crippen LogP contribution >= 0.6 is 0 Å². The second-order valence-corrected chi connectivity index (χ2v) is 2.62. The molecule has 0 heterocycles. The van der Waals surface area contributed by atoms with Crippen LogP contribution in [0.2, 0.25) is 0 Å². The van der Waals surface area contributed by atoms with Gasteiger partial charge in [0.25, 0.3) is 0 Å². The van der Waals surface area contributed by atoms with Gasteiger partial charge in [0.05, 0.1) is 0 Å². The summed E-state index contributed by atoms with van der Waals surface area (Å²) in [6.45, 7) is 1.83. The second kappa shape index (κ2) is 12.4. The van der Waals surface area contributed by atoms with E-state index >= 15 is 0 Å². The minimum Gasteiger partial charge on any atom is -0.478 e. The van der Waals surface area contributed by atoms with Gasteiger partial charge in [-0.1, -0.05) is 30.4 Å². The monoisotopic (exact) mass is 254 g/mol. The van der Waals surface area contributed by atoms with E-state index < -0.39 is 17.9 Å². The van der Waals surface area contributed by atoms with Crippen LogP contribution < -0.4 is 0 Å². The molecular weight excluding hydrogens is 240 g/mol. The summed E-state index contributed by atoms with van der Waals surface area (Å²) in [6, 6.07) is 0. The average molecular weight is 254 g/mol. The van der Waals surface area contributed by atoms with Gasteiger partial charge in [-0.2, -0.15) is 0 Å². The van der Waals surface area contributed by atoms with E-state index in [0.29, 0.717) is 0 Å². The fourth-order valence-electron chi connectivity index (χ4n) is 0.525. The molecule has 0 unspecified atom stereocenters. The molecule has 6 heteroatoms. The fraction of sp³-hybridized carbons (Fsp3) is 0.0833. The molecule has 0 aliphatic rings. The van der Waals surface area contributed by atoms with Crippen molar-refractivity contribution in [2.75, 3.05) is 0 Å². The normalized spacial score (nSPS) is 10.9. The molecule has 0 aliphatic carbocycles. The predicted molar refractivity (Wildman–Crippen MR) is 65.1 cm³/mol. The van der Waals surface area contributed by atoms with Gasteiger partial charge in [0.15, 0.2) is 0 Å². The van der Waals surface area contributed by atoms with E-state index in [9.17, 15) is 14.4 Å². The largest absolute Gasteiger partial charge is 0.478 e. The topological polar surface area (TPSA) is 112 Å². The van der Waals surface area contributed by atoms with Crippen LogP contribution in [0.25, 0.3) is 0 Å². The summed E-state index contributed by atoms with van der Waals surface area (Å²) in [5.74, 6) is -3.12. The summed E-state index contributed by atoms with van der Waals surface area (Å²) in [4.78, 5) is 29.3. The highest BCUT2D eigenvalue weighted by Gasteiger charge is 1.83. The second-order valence-electron chi connectivity index (χ2n) is 2.62. The van der Waals surface area contributed by atoms with Gasteiger partial charge in [-0.25, -0.2) is 14.4 Å². The maximum Gasteiger partial charge on any atom is 0.328 e. The van der Waals surface area contributed by atoms with Crippen molar-refractivity contribution in [1.82, 2.24) is 0 Å². The Labute approximate surface area is 104 Å². The molecule has 0 aromatic heterocycles. The number of allylic oxidation sites excluding steroid dienone is 5. The van der Waals surface area contributed by atoms with Crippen molar-refractivity contribution in [2.45, 2.75) is 6.92 Å². The Morgan fingerprint density at radius 1 is 0.667 bits per heavy atom. The molecule has 0 saturated heterocycles. The van der Waals surface area contributed by atoms with Crippen molar-refractivity contribution < 1.29 is 29.7 Å². The van der Waals surface area contributed by atoms with Crippen LogP contribution in [-0.2, 0) is 14.4 Å². The third kappa shape index (κ3) is 23.3. The van der Waals surface area contributed by atoms with Crippen molar-refractivity contribution >= 4 is 17.9 Å². The molecule has 18 heavy (non-hydrogen) atoms. The first-order valence-electron chi connectivity index (χ1n) is 4.73. The molecule has 6 nitrogen and oxygen atoms in total. The zero-order valence-corrected chi connectivity index (χ0v) is 9.69. The molecule has 3 N–H and O–H groups in total. The molecule has 0 bridgehead atoms. The van der Waals surface area contributed by atoms with Gasteiger partial charge in [0, 0.05) is 18.2 Å². The highest BCUT2D eigenvalue weighted by Crippen LogP contribution is 1.77. The van der Waals surface area contributed by atoms with Crippen LogP contribution in [0, 0.1) is 0 Å². The van der Waals surface area contributed by atoms with Crippen molar-refractivity contribution in [3.8, 4) is 0 Å². The Hall–Kier alpha value is -2.63. The summed E-state index contributed by atoms with van der Waals surface area (Å²) in [5, 5.41) is 24.0. The number of aliphatic carboxylic acids is 3. The van der Waals surface area contributed by atoms with Gasteiger partial charge in [0.2, 0.25) is 0 Å². The SMILES string of the molecule is C/C=C/C=C/C(=O)O.O=C(O)/C=C/C=C/C(=O)O. The van der Waals surface area contributed by atoms with E-state index in [0.717, 1.165) is 30.4 Å². The van der Waals surface area contributed by atoms with E-state index in [1.807, 2.05) is 6.92 Å². The van der Waals surface area contributed by atoms with Crippen molar-refractivity contribution in [3.63, 3.8) is 0 Å². The van der Waals surface area contributed by atoms with E-state index in [4.69, 9.17) is 15.3 Å². The number of carboxylic acids is 3. The lowest BCUT2D eigenvalue weighted by Gasteiger charge is -1.75. The Balaban J connectivity index is 0. The Morgan fingerprint density at radius 2 is 0.944 bits per heavy atom. The molecule has 0 aliphatic heterocycles. The summed E-state index contributed by atoms with van der Waals surface area (Å²) >= 11 is 0. The minimum atomic E-state index is -1.10. The summed E-state index contributed by atoms with van der Waals surface area (Å²) in [7, 11) is 0. The van der Waals surface area contributed by atoms with Crippen molar-refractivity contribution in [1.29, 1.82) is 0 Å². The van der Waals surface area contributed by atoms with Gasteiger partial charge in [0.1, 0.15) is 0 Å². The quantitative estimate of drug-likeness (QED) is 0.506. The first kappa shape index (κ1) is 17.8. The fourth-order valence-corrected chi connectivity index (χ4v) is 0.525. The zero-order chi connectivity index (χ0) is 14.4. The van der Waals surface area contributed by atoms with E-state index in [1.54, 1.807) is 12.2 Å². The molecule has 0 saturated carbocycles. The first-order chi connectivity index (χ1) is 8.40. The van der Waals surface area contributed by atoms with Crippen LogP contribution in [0.1, 0.15) is 6.92 Å². The van der Waals surface area contributed by atoms with Gasteiger partial charge in [-0.3, -0.25) is 0 Å². The maximum atomic E-state index is 9.78. The van der Waals surface area contributed by atoms with Crippen molar-refractivity contribution in [2.24, 2.45) is 0 Å². The molecule has 0 spiro atoms. The summed E-state index contributed by atoms with van der Waals surface area (Å²) in [5.41, 5.74) is 0. The molecule has 0 aromatic carbocycles. The van der Waals surface area contributed by atoms with Gasteiger partial charge < -0.3 is 15.3 Å². The first-order valence-corrected chi connectivity index (χ1v) is 4.73. The Morgan fingerprint density at radius 3 is 1.17 bits per heavy atom. The Kier molecular flexibility index (Phi) is 12.3. The van der Waals surface area contributed by atoms with E-state index in [1.165, 1.54) is 6.08 Å². The third-order valence-electron chi connectivity index (χ3n) is 1.13. The summed E-state index contributed by atoms with van der Waals surface area (Å²) < 4.78 is 0. The van der Waals surface area contributed by atoms with Crippen LogP contribution in [0.4, 0.5) is 0 Å². The molecule has 0 aromatic rings. The molecule has 0 rings (SSSR count). The summed E-state index contributed by atoms with van der Waals surface area (Å²) in [6.07, 6.45) is 9.95. The smallest absolute Gasteiger partial charge is 0.328 e. The van der Waals surface area contributed by atoms with E-state index in [-0.39, 0.29) is 0 Å². The van der Waals surface area contributed by atoms with Gasteiger partial charge >= 0.3 is 17.9 Å². The molecule has 98 valence electrons. The Bertz CT molecular complexity index is 365. The van der Waals surface area contributed by atoms with Crippen LogP contribution in [0.15, 0.2) is 48.6 Å². The van der Waals surface area contributed by atoms with Crippen LogP contribution in [-0.4, -0.2) is 33.2 Å². The predicted octanol–water partition coefficient (Wildman–Crippen LogP) is 1.47.